The molecule has 0 radical (unpaired) electrons. The first-order chi connectivity index (χ1) is 9.95. The Balaban J connectivity index is 0. The van der Waals surface area contributed by atoms with Crippen molar-refractivity contribution in [1.82, 2.24) is 0 Å². The molecule has 0 aromatic rings. The van der Waals surface area contributed by atoms with E-state index < -0.39 is 10.1 Å². The molecule has 1 N–H and O–H groups in total. The normalized spacial score (nSPS) is 12.9. The fraction of sp³-hybridized carbons (Fsp3) is 1.00. The van der Waals surface area contributed by atoms with Crippen LogP contribution in [0.25, 0.3) is 0 Å². The number of rotatable bonds is 15. The van der Waals surface area contributed by atoms with Crippen LogP contribution >= 0.6 is 12.6 Å². The summed E-state index contributed by atoms with van der Waals surface area (Å²) in [5, 5.41) is 0.566. The van der Waals surface area contributed by atoms with E-state index in [0.29, 0.717) is 11.7 Å². The number of hydrogen-bond donors (Lipinski definition) is 2. The van der Waals surface area contributed by atoms with Crippen molar-refractivity contribution in [3.05, 3.63) is 0 Å². The molecule has 3 nitrogen and oxygen atoms in total. The molecular weight excluding hydrogens is 327 g/mol. The molecule has 0 aliphatic rings. The van der Waals surface area contributed by atoms with Crippen molar-refractivity contribution in [2.24, 2.45) is 0 Å². The predicted octanol–water partition coefficient (Wildman–Crippen LogP) is 4.62. The van der Waals surface area contributed by atoms with E-state index in [1.165, 1.54) is 64.2 Å². The molecule has 0 aromatic carbocycles. The molecule has 0 rings (SSSR count). The van der Waals surface area contributed by atoms with Crippen molar-refractivity contribution < 1.29 is 13.0 Å². The minimum absolute atomic E-state index is 0. The molecule has 0 aliphatic carbocycles. The molecule has 1 unspecified atom stereocenters. The average Bonchev–Trinajstić information content (AvgIpc) is 2.40. The molecule has 0 aromatic heterocycles. The van der Waals surface area contributed by atoms with Crippen LogP contribution < -0.4 is 0 Å². The average molecular weight is 363 g/mol. The van der Waals surface area contributed by atoms with Gasteiger partial charge in [0.25, 0.3) is 10.1 Å². The van der Waals surface area contributed by atoms with Crippen LogP contribution in [0.2, 0.25) is 0 Å². The van der Waals surface area contributed by atoms with E-state index in [0.717, 1.165) is 12.8 Å². The van der Waals surface area contributed by atoms with Gasteiger partial charge in [0, 0.05) is 5.25 Å². The van der Waals surface area contributed by atoms with Crippen LogP contribution in [0.5, 0.6) is 0 Å². The van der Waals surface area contributed by atoms with Gasteiger partial charge in [-0.25, -0.2) is 0 Å². The van der Waals surface area contributed by atoms with Gasteiger partial charge < -0.3 is 0 Å². The molecule has 0 bridgehead atoms. The van der Waals surface area contributed by atoms with Crippen molar-refractivity contribution >= 4 is 52.3 Å². The molecule has 0 spiro atoms. The molecule has 0 heterocycles. The summed E-state index contributed by atoms with van der Waals surface area (Å²) in [7, 11) is -3.76. The Morgan fingerprint density at radius 1 is 0.818 bits per heavy atom. The number of thiol groups is 1. The third kappa shape index (κ3) is 21.3. The second kappa shape index (κ2) is 17.1. The molecule has 0 saturated heterocycles. The fourth-order valence-electron chi connectivity index (χ4n) is 2.50. The summed E-state index contributed by atoms with van der Waals surface area (Å²) in [5.41, 5.74) is 0. The summed E-state index contributed by atoms with van der Waals surface area (Å²) in [5.74, 6) is -0.0909. The van der Waals surface area contributed by atoms with E-state index in [2.05, 4.69) is 19.6 Å². The Labute approximate surface area is 165 Å². The van der Waals surface area contributed by atoms with Crippen molar-refractivity contribution in [2.45, 2.75) is 95.6 Å². The summed E-state index contributed by atoms with van der Waals surface area (Å²) in [6, 6.07) is 0. The summed E-state index contributed by atoms with van der Waals surface area (Å²) in [4.78, 5) is 0. The van der Waals surface area contributed by atoms with Gasteiger partial charge >= 0.3 is 29.6 Å². The summed E-state index contributed by atoms with van der Waals surface area (Å²) < 4.78 is 29.7. The molecule has 0 aliphatic heterocycles. The molecule has 0 amide bonds. The van der Waals surface area contributed by atoms with Crippen LogP contribution in [-0.4, -0.2) is 53.5 Å². The van der Waals surface area contributed by atoms with Gasteiger partial charge in [-0.15, -0.1) is 0 Å². The van der Waals surface area contributed by atoms with E-state index in [4.69, 9.17) is 4.55 Å². The van der Waals surface area contributed by atoms with Gasteiger partial charge in [0.1, 0.15) is 0 Å². The molecule has 22 heavy (non-hydrogen) atoms. The molecular formula is C16H35NaO3S2. The van der Waals surface area contributed by atoms with Crippen LogP contribution in [0, 0.1) is 0 Å². The van der Waals surface area contributed by atoms with Crippen molar-refractivity contribution in [3.8, 4) is 0 Å². The Kier molecular flexibility index (Phi) is 19.8. The van der Waals surface area contributed by atoms with Crippen molar-refractivity contribution in [2.75, 3.05) is 5.75 Å². The number of hydrogen-bond acceptors (Lipinski definition) is 3. The molecule has 6 heteroatoms. The van der Waals surface area contributed by atoms with Crippen molar-refractivity contribution in [1.29, 1.82) is 0 Å². The van der Waals surface area contributed by atoms with E-state index in [-0.39, 0.29) is 35.3 Å². The third-order valence-corrected chi connectivity index (χ3v) is 5.15. The summed E-state index contributed by atoms with van der Waals surface area (Å²) >= 11 is 4.65. The Hall–Kier alpha value is 1.26. The maximum absolute atomic E-state index is 10.5. The maximum atomic E-state index is 10.5. The SMILES string of the molecule is CCCCCCC(S)CCCCCCCCCS(=O)(=O)O.[NaH]. The van der Waals surface area contributed by atoms with Gasteiger partial charge in [0.15, 0.2) is 0 Å². The Morgan fingerprint density at radius 2 is 1.23 bits per heavy atom. The minimum atomic E-state index is -3.76. The Bertz CT molecular complexity index is 321. The van der Waals surface area contributed by atoms with Crippen LogP contribution in [0.15, 0.2) is 0 Å². The van der Waals surface area contributed by atoms with E-state index in [1.54, 1.807) is 0 Å². The first-order valence-corrected chi connectivity index (χ1v) is 10.7. The third-order valence-electron chi connectivity index (χ3n) is 3.83. The zero-order valence-electron chi connectivity index (χ0n) is 13.6. The molecule has 130 valence electrons. The second-order valence-electron chi connectivity index (χ2n) is 6.05. The van der Waals surface area contributed by atoms with Gasteiger partial charge in [-0.1, -0.05) is 71.1 Å². The monoisotopic (exact) mass is 362 g/mol. The topological polar surface area (TPSA) is 54.4 Å². The molecule has 1 atom stereocenters. The van der Waals surface area contributed by atoms with Gasteiger partial charge in [-0.2, -0.15) is 21.0 Å². The standard InChI is InChI=1S/C16H34O3S2.Na.H/c1-2-3-4-10-13-16(20)14-11-8-6-5-7-9-12-15-21(17,18)19;;/h16,20H,2-15H2,1H3,(H,17,18,19);;. The first-order valence-electron chi connectivity index (χ1n) is 8.59. The van der Waals surface area contributed by atoms with Gasteiger partial charge in [-0.3, -0.25) is 4.55 Å². The van der Waals surface area contributed by atoms with Crippen molar-refractivity contribution in [3.63, 3.8) is 0 Å². The zero-order chi connectivity index (χ0) is 16.0. The summed E-state index contributed by atoms with van der Waals surface area (Å²) in [6.45, 7) is 2.24. The van der Waals surface area contributed by atoms with Crippen LogP contribution in [-0.2, 0) is 10.1 Å². The number of unbranched alkanes of at least 4 members (excludes halogenated alkanes) is 9. The van der Waals surface area contributed by atoms with E-state index >= 15 is 0 Å². The van der Waals surface area contributed by atoms with Crippen LogP contribution in [0.4, 0.5) is 0 Å². The first kappa shape index (κ1) is 25.5. The second-order valence-corrected chi connectivity index (χ2v) is 8.36. The predicted molar refractivity (Wildman–Crippen MR) is 102 cm³/mol. The van der Waals surface area contributed by atoms with Crippen LogP contribution in [0.3, 0.4) is 0 Å². The van der Waals surface area contributed by atoms with E-state index in [9.17, 15) is 8.42 Å². The van der Waals surface area contributed by atoms with Gasteiger partial charge in [0.05, 0.1) is 5.75 Å². The van der Waals surface area contributed by atoms with Gasteiger partial charge in [-0.05, 0) is 19.3 Å². The summed E-state index contributed by atoms with van der Waals surface area (Å²) in [6.07, 6.45) is 15.2. The Morgan fingerprint density at radius 3 is 1.68 bits per heavy atom. The van der Waals surface area contributed by atoms with Gasteiger partial charge in [0.2, 0.25) is 0 Å². The van der Waals surface area contributed by atoms with E-state index in [1.807, 2.05) is 0 Å². The molecule has 0 saturated carbocycles. The van der Waals surface area contributed by atoms with Crippen LogP contribution in [0.1, 0.15) is 90.4 Å². The zero-order valence-corrected chi connectivity index (χ0v) is 15.3. The fourth-order valence-corrected chi connectivity index (χ4v) is 3.43. The molecule has 0 fully saturated rings. The quantitative estimate of drug-likeness (QED) is 0.193.